The van der Waals surface area contributed by atoms with Crippen LogP contribution < -0.4 is 4.74 Å². The van der Waals surface area contributed by atoms with Crippen LogP contribution in [0.2, 0.25) is 0 Å². The van der Waals surface area contributed by atoms with Gasteiger partial charge in [0.25, 0.3) is 0 Å². The summed E-state index contributed by atoms with van der Waals surface area (Å²) in [6.45, 7) is -0.418. The van der Waals surface area contributed by atoms with Crippen molar-refractivity contribution < 1.29 is 22.7 Å². The largest absolute Gasteiger partial charge is 0.492 e. The molecule has 0 bridgehead atoms. The molecule has 14 heavy (non-hydrogen) atoms. The number of hydrogen-bond donors (Lipinski definition) is 0. The molecule has 0 unspecified atom stereocenters. The second-order valence-electron chi connectivity index (χ2n) is 2.52. The third-order valence-corrected chi connectivity index (χ3v) is 2.20. The maximum Gasteiger partial charge on any atom is 0.392 e. The summed E-state index contributed by atoms with van der Waals surface area (Å²) >= 11 is 1.13. The minimum absolute atomic E-state index is 0.307. The van der Waals surface area contributed by atoms with Crippen molar-refractivity contribution in [2.45, 2.75) is 12.6 Å². The van der Waals surface area contributed by atoms with Gasteiger partial charge in [-0.1, -0.05) is 0 Å². The smallest absolute Gasteiger partial charge is 0.392 e. The fourth-order valence-corrected chi connectivity index (χ4v) is 1.38. The molecule has 1 heterocycles. The Morgan fingerprint density at radius 2 is 2.21 bits per heavy atom. The zero-order valence-corrected chi connectivity index (χ0v) is 7.82. The van der Waals surface area contributed by atoms with Crippen LogP contribution in [-0.2, 0) is 0 Å². The molecule has 78 valence electrons. The number of thiophene rings is 1. The van der Waals surface area contributed by atoms with Crippen molar-refractivity contribution in [3.63, 3.8) is 0 Å². The SMILES string of the molecule is O=Cc1cc(OCCC(F)(F)F)cs1. The summed E-state index contributed by atoms with van der Waals surface area (Å²) < 4.78 is 39.9. The van der Waals surface area contributed by atoms with Gasteiger partial charge in [0, 0.05) is 11.4 Å². The Kier molecular flexibility index (Phi) is 3.51. The highest BCUT2D eigenvalue weighted by molar-refractivity contribution is 7.11. The van der Waals surface area contributed by atoms with E-state index >= 15 is 0 Å². The number of carbonyl (C=O) groups is 1. The van der Waals surface area contributed by atoms with Crippen molar-refractivity contribution >= 4 is 17.6 Å². The molecule has 1 rings (SSSR count). The first-order valence-electron chi connectivity index (χ1n) is 3.74. The second-order valence-corrected chi connectivity index (χ2v) is 3.46. The van der Waals surface area contributed by atoms with Crippen LogP contribution in [0.5, 0.6) is 5.75 Å². The number of aldehydes is 1. The number of alkyl halides is 3. The number of hydrogen-bond acceptors (Lipinski definition) is 3. The van der Waals surface area contributed by atoms with Crippen LogP contribution >= 0.6 is 11.3 Å². The zero-order valence-electron chi connectivity index (χ0n) is 7.00. The molecule has 0 saturated carbocycles. The first-order chi connectivity index (χ1) is 6.51. The lowest BCUT2D eigenvalue weighted by atomic mass is 10.4. The summed E-state index contributed by atoms with van der Waals surface area (Å²) in [5, 5.41) is 1.50. The van der Waals surface area contributed by atoms with Crippen LogP contribution in [0.15, 0.2) is 11.4 Å². The van der Waals surface area contributed by atoms with E-state index < -0.39 is 19.2 Å². The molecule has 0 aromatic carbocycles. The van der Waals surface area contributed by atoms with Gasteiger partial charge in [0.1, 0.15) is 5.75 Å². The molecule has 0 atom stereocenters. The molecule has 6 heteroatoms. The Morgan fingerprint density at radius 1 is 1.50 bits per heavy atom. The first-order valence-corrected chi connectivity index (χ1v) is 4.62. The van der Waals surface area contributed by atoms with Gasteiger partial charge in [0.15, 0.2) is 6.29 Å². The quantitative estimate of drug-likeness (QED) is 0.735. The lowest BCUT2D eigenvalue weighted by Crippen LogP contribution is -2.12. The third kappa shape index (κ3) is 3.78. The maximum absolute atomic E-state index is 11.7. The second kappa shape index (κ2) is 4.45. The van der Waals surface area contributed by atoms with Crippen LogP contribution in [0.4, 0.5) is 13.2 Å². The average molecular weight is 224 g/mol. The molecule has 0 aliphatic heterocycles. The predicted molar refractivity (Wildman–Crippen MR) is 45.9 cm³/mol. The van der Waals surface area contributed by atoms with E-state index in [9.17, 15) is 18.0 Å². The van der Waals surface area contributed by atoms with E-state index in [1.807, 2.05) is 0 Å². The van der Waals surface area contributed by atoms with E-state index in [0.717, 1.165) is 11.3 Å². The Bertz CT molecular complexity index is 306. The maximum atomic E-state index is 11.7. The van der Waals surface area contributed by atoms with Crippen LogP contribution in [0.25, 0.3) is 0 Å². The van der Waals surface area contributed by atoms with Crippen LogP contribution in [0, 0.1) is 0 Å². The van der Waals surface area contributed by atoms with Crippen LogP contribution in [0.1, 0.15) is 16.1 Å². The summed E-state index contributed by atoms with van der Waals surface area (Å²) in [6, 6.07) is 1.41. The Hall–Kier alpha value is -1.04. The molecule has 0 saturated heterocycles. The van der Waals surface area contributed by atoms with Crippen molar-refractivity contribution in [2.24, 2.45) is 0 Å². The highest BCUT2D eigenvalue weighted by atomic mass is 32.1. The van der Waals surface area contributed by atoms with E-state index in [2.05, 4.69) is 0 Å². The molecule has 0 aliphatic carbocycles. The molecule has 1 aromatic heterocycles. The topological polar surface area (TPSA) is 26.3 Å². The third-order valence-electron chi connectivity index (χ3n) is 1.37. The van der Waals surface area contributed by atoms with E-state index in [0.29, 0.717) is 16.9 Å². The van der Waals surface area contributed by atoms with Gasteiger partial charge in [0.2, 0.25) is 0 Å². The normalized spacial score (nSPS) is 11.4. The summed E-state index contributed by atoms with van der Waals surface area (Å²) in [6.07, 6.45) is -4.57. The minimum atomic E-state index is -4.20. The number of carbonyl (C=O) groups excluding carboxylic acids is 1. The molecule has 0 spiro atoms. The fraction of sp³-hybridized carbons (Fsp3) is 0.375. The molecule has 1 aromatic rings. The number of halogens is 3. The van der Waals surface area contributed by atoms with Gasteiger partial charge in [-0.3, -0.25) is 4.79 Å². The predicted octanol–water partition coefficient (Wildman–Crippen LogP) is 2.89. The molecule has 2 nitrogen and oxygen atoms in total. The van der Waals surface area contributed by atoms with Gasteiger partial charge in [-0.25, -0.2) is 0 Å². The van der Waals surface area contributed by atoms with Crippen molar-refractivity contribution in [1.29, 1.82) is 0 Å². The summed E-state index contributed by atoms with van der Waals surface area (Å²) in [5.41, 5.74) is 0. The fourth-order valence-electron chi connectivity index (χ4n) is 0.756. The highest BCUT2D eigenvalue weighted by Gasteiger charge is 2.26. The van der Waals surface area contributed by atoms with Gasteiger partial charge in [-0.05, 0) is 0 Å². The van der Waals surface area contributed by atoms with Crippen molar-refractivity contribution in [2.75, 3.05) is 6.61 Å². The van der Waals surface area contributed by atoms with Crippen LogP contribution in [-0.4, -0.2) is 19.1 Å². The van der Waals surface area contributed by atoms with Crippen molar-refractivity contribution in [1.82, 2.24) is 0 Å². The Labute approximate surface area is 82.3 Å². The molecule has 0 radical (unpaired) electrons. The van der Waals surface area contributed by atoms with Crippen LogP contribution in [0.3, 0.4) is 0 Å². The van der Waals surface area contributed by atoms with Gasteiger partial charge < -0.3 is 4.74 Å². The van der Waals surface area contributed by atoms with Gasteiger partial charge in [-0.15, -0.1) is 11.3 Å². The standard InChI is InChI=1S/C8H7F3O2S/c9-8(10,11)1-2-13-6-3-7(4-12)14-5-6/h3-5H,1-2H2. The lowest BCUT2D eigenvalue weighted by molar-refractivity contribution is -0.139. The Balaban J connectivity index is 2.35. The van der Waals surface area contributed by atoms with E-state index in [1.54, 1.807) is 0 Å². The average Bonchev–Trinajstić information content (AvgIpc) is 2.50. The molecule has 0 fully saturated rings. The molecule has 0 aliphatic rings. The summed E-state index contributed by atoms with van der Waals surface area (Å²) in [5.74, 6) is 0.307. The molecule has 0 amide bonds. The first kappa shape index (κ1) is 11.0. The van der Waals surface area contributed by atoms with E-state index in [-0.39, 0.29) is 0 Å². The minimum Gasteiger partial charge on any atom is -0.492 e. The van der Waals surface area contributed by atoms with Gasteiger partial charge in [0.05, 0.1) is 17.9 Å². The van der Waals surface area contributed by atoms with Gasteiger partial charge in [-0.2, -0.15) is 13.2 Å². The molecule has 0 N–H and O–H groups in total. The summed E-state index contributed by atoms with van der Waals surface area (Å²) in [4.78, 5) is 10.7. The van der Waals surface area contributed by atoms with E-state index in [1.165, 1.54) is 11.4 Å². The van der Waals surface area contributed by atoms with Crippen molar-refractivity contribution in [3.8, 4) is 5.75 Å². The molecular weight excluding hydrogens is 217 g/mol. The zero-order chi connectivity index (χ0) is 10.6. The van der Waals surface area contributed by atoms with E-state index in [4.69, 9.17) is 4.74 Å². The molecular formula is C8H7F3O2S. The Morgan fingerprint density at radius 3 is 2.71 bits per heavy atom. The van der Waals surface area contributed by atoms with Crippen molar-refractivity contribution in [3.05, 3.63) is 16.3 Å². The van der Waals surface area contributed by atoms with Gasteiger partial charge >= 0.3 is 6.18 Å². The lowest BCUT2D eigenvalue weighted by Gasteiger charge is -2.06. The summed E-state index contributed by atoms with van der Waals surface area (Å²) in [7, 11) is 0. The number of rotatable bonds is 4. The monoisotopic (exact) mass is 224 g/mol. The highest BCUT2D eigenvalue weighted by Crippen LogP contribution is 2.23. The number of ether oxygens (including phenoxy) is 1.